The van der Waals surface area contributed by atoms with Crippen LogP contribution in [-0.4, -0.2) is 72.3 Å². The third kappa shape index (κ3) is 4.66. The van der Waals surface area contributed by atoms with Crippen LogP contribution in [0.2, 0.25) is 5.28 Å². The highest BCUT2D eigenvalue weighted by atomic mass is 35.5. The van der Waals surface area contributed by atoms with Gasteiger partial charge < -0.3 is 19.9 Å². The zero-order valence-electron chi connectivity index (χ0n) is 12.8. The molecule has 1 fully saturated rings. The summed E-state index contributed by atoms with van der Waals surface area (Å²) in [6, 6.07) is 0. The number of likely N-dealkylation sites (N-methyl/N-ethyl adjacent to an activating group) is 1. The Kier molecular flexibility index (Phi) is 5.96. The molecule has 0 aromatic carbocycles. The number of nitrogens with one attached hydrogen (secondary N) is 1. The van der Waals surface area contributed by atoms with Gasteiger partial charge in [0.15, 0.2) is 0 Å². The third-order valence-corrected chi connectivity index (χ3v) is 3.64. The summed E-state index contributed by atoms with van der Waals surface area (Å²) in [6.45, 7) is 9.04. The fourth-order valence-electron chi connectivity index (χ4n) is 2.26. The summed E-state index contributed by atoms with van der Waals surface area (Å²) >= 11 is 5.98. The molecule has 2 heterocycles. The van der Waals surface area contributed by atoms with Gasteiger partial charge in [0.25, 0.3) is 0 Å². The highest BCUT2D eigenvalue weighted by Crippen LogP contribution is 2.14. The molecule has 1 aromatic rings. The van der Waals surface area contributed by atoms with Crippen molar-refractivity contribution in [3.8, 4) is 0 Å². The zero-order chi connectivity index (χ0) is 15.2. The second-order valence-electron chi connectivity index (χ2n) is 5.04. The molecule has 1 aliphatic heterocycles. The van der Waals surface area contributed by atoms with Crippen molar-refractivity contribution in [2.75, 3.05) is 56.6 Å². The van der Waals surface area contributed by atoms with Crippen LogP contribution < -0.4 is 10.2 Å². The van der Waals surface area contributed by atoms with Crippen molar-refractivity contribution in [1.29, 1.82) is 0 Å². The molecule has 0 spiro atoms. The normalized spacial score (nSPS) is 19.5. The van der Waals surface area contributed by atoms with E-state index >= 15 is 0 Å². The van der Waals surface area contributed by atoms with Gasteiger partial charge in [-0.2, -0.15) is 15.0 Å². The van der Waals surface area contributed by atoms with Crippen molar-refractivity contribution < 1.29 is 4.74 Å². The summed E-state index contributed by atoms with van der Waals surface area (Å²) in [5.41, 5.74) is 0. The summed E-state index contributed by atoms with van der Waals surface area (Å²) in [5.74, 6) is 1.10. The van der Waals surface area contributed by atoms with Crippen molar-refractivity contribution in [2.24, 2.45) is 0 Å². The average molecular weight is 315 g/mol. The van der Waals surface area contributed by atoms with E-state index in [1.165, 1.54) is 0 Å². The average Bonchev–Trinajstić information content (AvgIpc) is 2.46. The van der Waals surface area contributed by atoms with Crippen LogP contribution >= 0.6 is 11.6 Å². The van der Waals surface area contributed by atoms with Crippen molar-refractivity contribution in [2.45, 2.75) is 20.0 Å². The predicted molar refractivity (Wildman–Crippen MR) is 84.1 cm³/mol. The van der Waals surface area contributed by atoms with Crippen LogP contribution in [-0.2, 0) is 4.74 Å². The van der Waals surface area contributed by atoms with E-state index in [9.17, 15) is 0 Å². The molecule has 1 N–H and O–H groups in total. The van der Waals surface area contributed by atoms with E-state index in [4.69, 9.17) is 16.3 Å². The SMILES string of the molecule is CCN(CC)c1nc(Cl)nc(NCC2CN(C)CCO2)n1. The highest BCUT2D eigenvalue weighted by Gasteiger charge is 2.18. The molecule has 8 heteroatoms. The molecule has 7 nitrogen and oxygen atoms in total. The smallest absolute Gasteiger partial charge is 0.231 e. The number of nitrogens with zero attached hydrogens (tertiary/aromatic N) is 5. The number of ether oxygens (including phenoxy) is 1. The second-order valence-corrected chi connectivity index (χ2v) is 5.37. The molecule has 21 heavy (non-hydrogen) atoms. The van der Waals surface area contributed by atoms with Crippen LogP contribution in [0.1, 0.15) is 13.8 Å². The maximum Gasteiger partial charge on any atom is 0.231 e. The molecule has 118 valence electrons. The first-order valence-corrected chi connectivity index (χ1v) is 7.70. The highest BCUT2D eigenvalue weighted by molar-refractivity contribution is 6.28. The van der Waals surface area contributed by atoms with E-state index in [-0.39, 0.29) is 11.4 Å². The molecule has 1 aromatic heterocycles. The van der Waals surface area contributed by atoms with E-state index in [1.54, 1.807) is 0 Å². The Balaban J connectivity index is 1.99. The Labute approximate surface area is 130 Å². The first-order valence-electron chi connectivity index (χ1n) is 7.32. The molecule has 0 bridgehead atoms. The number of aromatic nitrogens is 3. The van der Waals surface area contributed by atoms with Crippen molar-refractivity contribution in [3.63, 3.8) is 0 Å². The Morgan fingerprint density at radius 1 is 1.33 bits per heavy atom. The van der Waals surface area contributed by atoms with Crippen LogP contribution in [0.4, 0.5) is 11.9 Å². The number of hydrogen-bond acceptors (Lipinski definition) is 7. The molecule has 0 saturated carbocycles. The van der Waals surface area contributed by atoms with E-state index in [2.05, 4.69) is 46.1 Å². The quantitative estimate of drug-likeness (QED) is 0.843. The Hall–Kier alpha value is -1.18. The maximum absolute atomic E-state index is 5.98. The Bertz CT molecular complexity index is 456. The second kappa shape index (κ2) is 7.72. The number of halogens is 1. The van der Waals surface area contributed by atoms with E-state index < -0.39 is 0 Å². The van der Waals surface area contributed by atoms with Gasteiger partial charge in [0.05, 0.1) is 12.7 Å². The topological polar surface area (TPSA) is 66.4 Å². The van der Waals surface area contributed by atoms with Crippen LogP contribution in [0.25, 0.3) is 0 Å². The molecule has 1 saturated heterocycles. The molecule has 1 unspecified atom stereocenters. The predicted octanol–water partition coefficient (Wildman–Crippen LogP) is 1.11. The summed E-state index contributed by atoms with van der Waals surface area (Å²) < 4.78 is 5.70. The lowest BCUT2D eigenvalue weighted by molar-refractivity contribution is -0.0118. The fraction of sp³-hybridized carbons (Fsp3) is 0.769. The summed E-state index contributed by atoms with van der Waals surface area (Å²) in [5, 5.41) is 3.40. The summed E-state index contributed by atoms with van der Waals surface area (Å²) in [7, 11) is 2.09. The van der Waals surface area contributed by atoms with Crippen LogP contribution in [0.3, 0.4) is 0 Å². The van der Waals surface area contributed by atoms with Gasteiger partial charge in [0.2, 0.25) is 17.2 Å². The standard InChI is InChI=1S/C13H23ClN6O/c1-4-20(5-2)13-17-11(14)16-12(18-13)15-8-10-9-19(3)6-7-21-10/h10H,4-9H2,1-3H3,(H,15,16,17,18). The molecule has 0 radical (unpaired) electrons. The van der Waals surface area contributed by atoms with Gasteiger partial charge in [-0.05, 0) is 32.5 Å². The third-order valence-electron chi connectivity index (χ3n) is 3.47. The van der Waals surface area contributed by atoms with Gasteiger partial charge in [-0.3, -0.25) is 0 Å². The van der Waals surface area contributed by atoms with Crippen LogP contribution in [0.15, 0.2) is 0 Å². The molecule has 0 amide bonds. The Morgan fingerprint density at radius 3 is 2.76 bits per heavy atom. The monoisotopic (exact) mass is 314 g/mol. The van der Waals surface area contributed by atoms with Gasteiger partial charge >= 0.3 is 0 Å². The van der Waals surface area contributed by atoms with Crippen molar-refractivity contribution in [3.05, 3.63) is 5.28 Å². The first-order chi connectivity index (χ1) is 10.1. The molecule has 1 aliphatic rings. The number of morpholine rings is 1. The molecule has 1 atom stereocenters. The van der Waals surface area contributed by atoms with Crippen molar-refractivity contribution >= 4 is 23.5 Å². The van der Waals surface area contributed by atoms with Gasteiger partial charge in [0, 0.05) is 32.7 Å². The summed E-state index contributed by atoms with van der Waals surface area (Å²) in [6.07, 6.45) is 0.135. The minimum Gasteiger partial charge on any atom is -0.374 e. The molecular formula is C13H23ClN6O. The maximum atomic E-state index is 5.98. The summed E-state index contributed by atoms with van der Waals surface area (Å²) in [4.78, 5) is 17.0. The molecular weight excluding hydrogens is 292 g/mol. The molecule has 0 aliphatic carbocycles. The van der Waals surface area contributed by atoms with Crippen molar-refractivity contribution in [1.82, 2.24) is 19.9 Å². The van der Waals surface area contributed by atoms with Gasteiger partial charge in [0.1, 0.15) is 0 Å². The van der Waals surface area contributed by atoms with Gasteiger partial charge in [-0.1, -0.05) is 0 Å². The minimum atomic E-state index is 0.135. The van der Waals surface area contributed by atoms with Crippen LogP contribution in [0, 0.1) is 0 Å². The number of anilines is 2. The minimum absolute atomic E-state index is 0.135. The van der Waals surface area contributed by atoms with Gasteiger partial charge in [-0.15, -0.1) is 0 Å². The van der Waals surface area contributed by atoms with Gasteiger partial charge in [-0.25, -0.2) is 0 Å². The molecule has 2 rings (SSSR count). The number of hydrogen-bond donors (Lipinski definition) is 1. The lowest BCUT2D eigenvalue weighted by Crippen LogP contribution is -2.43. The van der Waals surface area contributed by atoms with Crippen LogP contribution in [0.5, 0.6) is 0 Å². The zero-order valence-corrected chi connectivity index (χ0v) is 13.6. The first kappa shape index (κ1) is 16.2. The van der Waals surface area contributed by atoms with E-state index in [0.29, 0.717) is 18.4 Å². The lowest BCUT2D eigenvalue weighted by Gasteiger charge is -2.30. The fourth-order valence-corrected chi connectivity index (χ4v) is 2.42. The largest absolute Gasteiger partial charge is 0.374 e. The van der Waals surface area contributed by atoms with E-state index in [0.717, 1.165) is 32.8 Å². The number of rotatable bonds is 6. The Morgan fingerprint density at radius 2 is 2.10 bits per heavy atom. The lowest BCUT2D eigenvalue weighted by atomic mass is 10.3. The van der Waals surface area contributed by atoms with E-state index in [1.807, 2.05) is 4.90 Å².